The molecule has 1 amide bonds. The summed E-state index contributed by atoms with van der Waals surface area (Å²) in [6, 6.07) is 3.78. The van der Waals surface area contributed by atoms with E-state index in [-0.39, 0.29) is 22.6 Å². The predicted octanol–water partition coefficient (Wildman–Crippen LogP) is 2.43. The van der Waals surface area contributed by atoms with Gasteiger partial charge in [-0.05, 0) is 31.0 Å². The van der Waals surface area contributed by atoms with Gasteiger partial charge in [-0.2, -0.15) is 0 Å². The monoisotopic (exact) mass is 298 g/mol. The van der Waals surface area contributed by atoms with Crippen LogP contribution in [0.25, 0.3) is 0 Å². The first kappa shape index (κ1) is 15.0. The Balaban J connectivity index is 1.91. The zero-order valence-corrected chi connectivity index (χ0v) is 12.0. The minimum absolute atomic E-state index is 0.0549. The number of hydrogen-bond acceptors (Lipinski definition) is 3. The molecule has 1 unspecified atom stereocenters. The van der Waals surface area contributed by atoms with Gasteiger partial charge in [0.2, 0.25) is 5.91 Å². The van der Waals surface area contributed by atoms with Crippen molar-refractivity contribution in [1.82, 2.24) is 0 Å². The molecule has 0 aromatic heterocycles. The molecular formula is C14H19FN2O2S. The quantitative estimate of drug-likeness (QED) is 0.839. The van der Waals surface area contributed by atoms with Crippen LogP contribution in [0.1, 0.15) is 32.1 Å². The van der Waals surface area contributed by atoms with Crippen LogP contribution >= 0.6 is 0 Å². The van der Waals surface area contributed by atoms with Crippen LogP contribution < -0.4 is 11.1 Å². The summed E-state index contributed by atoms with van der Waals surface area (Å²) in [5, 5.41) is 2.63. The topological polar surface area (TPSA) is 72.2 Å². The Hall–Kier alpha value is -1.43. The fourth-order valence-electron chi connectivity index (χ4n) is 2.40. The Labute approximate surface area is 120 Å². The molecule has 0 heterocycles. The molecule has 0 bridgehead atoms. The number of rotatable bonds is 4. The van der Waals surface area contributed by atoms with E-state index in [9.17, 15) is 13.4 Å². The molecule has 0 radical (unpaired) electrons. The number of nitrogen functional groups attached to an aromatic ring is 1. The second-order valence-corrected chi connectivity index (χ2v) is 6.78. The molecule has 1 fully saturated rings. The van der Waals surface area contributed by atoms with Crippen LogP contribution in [0, 0.1) is 5.82 Å². The predicted molar refractivity (Wildman–Crippen MR) is 79.3 cm³/mol. The third-order valence-corrected chi connectivity index (χ3v) is 5.25. The number of anilines is 2. The van der Waals surface area contributed by atoms with Gasteiger partial charge in [-0.15, -0.1) is 0 Å². The molecule has 2 rings (SSSR count). The third kappa shape index (κ3) is 4.03. The maximum Gasteiger partial charge on any atom is 0.237 e. The number of hydrogen-bond donors (Lipinski definition) is 2. The number of benzene rings is 1. The summed E-state index contributed by atoms with van der Waals surface area (Å²) in [5.41, 5.74) is 6.18. The van der Waals surface area contributed by atoms with Gasteiger partial charge in [-0.3, -0.25) is 9.00 Å². The Morgan fingerprint density at radius 1 is 1.35 bits per heavy atom. The van der Waals surface area contributed by atoms with Crippen LogP contribution in [0.15, 0.2) is 18.2 Å². The highest BCUT2D eigenvalue weighted by Gasteiger charge is 2.22. The Morgan fingerprint density at radius 2 is 2.05 bits per heavy atom. The summed E-state index contributed by atoms with van der Waals surface area (Å²) < 4.78 is 25.2. The lowest BCUT2D eigenvalue weighted by atomic mass is 10.0. The molecule has 3 N–H and O–H groups in total. The Kier molecular flexibility index (Phi) is 5.11. The maximum atomic E-state index is 13.1. The van der Waals surface area contributed by atoms with Crippen molar-refractivity contribution in [1.29, 1.82) is 0 Å². The highest BCUT2D eigenvalue weighted by atomic mass is 32.2. The molecule has 1 atom stereocenters. The van der Waals surface area contributed by atoms with Gasteiger partial charge in [-0.25, -0.2) is 4.39 Å². The number of nitrogens with two attached hydrogens (primary N) is 1. The first-order valence-corrected chi connectivity index (χ1v) is 8.16. The number of amides is 1. The molecule has 20 heavy (non-hydrogen) atoms. The van der Waals surface area contributed by atoms with Gasteiger partial charge in [0.25, 0.3) is 0 Å². The summed E-state index contributed by atoms with van der Waals surface area (Å²) >= 11 is 0. The van der Waals surface area contributed by atoms with Crippen LogP contribution in [-0.2, 0) is 15.6 Å². The van der Waals surface area contributed by atoms with E-state index in [1.54, 1.807) is 0 Å². The van der Waals surface area contributed by atoms with Crippen LogP contribution in [0.3, 0.4) is 0 Å². The molecule has 0 aliphatic heterocycles. The lowest BCUT2D eigenvalue weighted by Crippen LogP contribution is -2.27. The van der Waals surface area contributed by atoms with E-state index in [0.717, 1.165) is 31.7 Å². The SMILES string of the molecule is Nc1ccc(F)cc1NC(=O)CS(=O)C1CCCCC1. The van der Waals surface area contributed by atoms with Crippen molar-refractivity contribution in [2.24, 2.45) is 0 Å². The summed E-state index contributed by atoms with van der Waals surface area (Å²) in [4.78, 5) is 11.8. The standard InChI is InChI=1S/C14H19FN2O2S/c15-10-6-7-12(16)13(8-10)17-14(18)9-20(19)11-4-2-1-3-5-11/h6-8,11H,1-5,9,16H2,(H,17,18). The number of halogens is 1. The van der Waals surface area contributed by atoms with Crippen molar-refractivity contribution in [3.8, 4) is 0 Å². The van der Waals surface area contributed by atoms with Crippen molar-refractivity contribution in [2.45, 2.75) is 37.4 Å². The van der Waals surface area contributed by atoms with E-state index in [1.807, 2.05) is 0 Å². The van der Waals surface area contributed by atoms with E-state index < -0.39 is 16.6 Å². The molecule has 0 saturated heterocycles. The Morgan fingerprint density at radius 3 is 2.75 bits per heavy atom. The molecule has 6 heteroatoms. The summed E-state index contributed by atoms with van der Waals surface area (Å²) in [7, 11) is -1.17. The molecule has 0 spiro atoms. The minimum atomic E-state index is -1.17. The van der Waals surface area contributed by atoms with Gasteiger partial charge in [0.15, 0.2) is 0 Å². The average Bonchev–Trinajstić information content (AvgIpc) is 2.43. The first-order valence-electron chi connectivity index (χ1n) is 6.78. The van der Waals surface area contributed by atoms with Crippen LogP contribution in [0.2, 0.25) is 0 Å². The second-order valence-electron chi connectivity index (χ2n) is 5.06. The fraction of sp³-hybridized carbons (Fsp3) is 0.500. The second kappa shape index (κ2) is 6.83. The third-order valence-electron chi connectivity index (χ3n) is 3.49. The van der Waals surface area contributed by atoms with Gasteiger partial charge in [-0.1, -0.05) is 19.3 Å². The molecule has 1 aromatic carbocycles. The molecule has 1 aliphatic carbocycles. The lowest BCUT2D eigenvalue weighted by molar-refractivity contribution is -0.113. The van der Waals surface area contributed by atoms with Crippen molar-refractivity contribution >= 4 is 28.1 Å². The molecule has 110 valence electrons. The van der Waals surface area contributed by atoms with Crippen LogP contribution in [0.4, 0.5) is 15.8 Å². The first-order chi connectivity index (χ1) is 9.56. The normalized spacial score (nSPS) is 17.6. The summed E-state index contributed by atoms with van der Waals surface area (Å²) in [6.07, 6.45) is 5.17. The summed E-state index contributed by atoms with van der Waals surface area (Å²) in [6.45, 7) is 0. The zero-order chi connectivity index (χ0) is 14.5. The van der Waals surface area contributed by atoms with Gasteiger partial charge >= 0.3 is 0 Å². The van der Waals surface area contributed by atoms with Crippen LogP contribution in [-0.4, -0.2) is 21.1 Å². The summed E-state index contributed by atoms with van der Waals surface area (Å²) in [5.74, 6) is -0.908. The average molecular weight is 298 g/mol. The highest BCUT2D eigenvalue weighted by molar-refractivity contribution is 7.86. The van der Waals surface area contributed by atoms with E-state index >= 15 is 0 Å². The molecule has 1 aliphatic rings. The van der Waals surface area contributed by atoms with E-state index in [2.05, 4.69) is 5.32 Å². The van der Waals surface area contributed by atoms with E-state index in [1.165, 1.54) is 18.6 Å². The smallest absolute Gasteiger partial charge is 0.237 e. The van der Waals surface area contributed by atoms with Crippen molar-refractivity contribution in [3.05, 3.63) is 24.0 Å². The van der Waals surface area contributed by atoms with Crippen molar-refractivity contribution in [2.75, 3.05) is 16.8 Å². The molecule has 4 nitrogen and oxygen atoms in total. The zero-order valence-electron chi connectivity index (χ0n) is 11.2. The van der Waals surface area contributed by atoms with Crippen molar-refractivity contribution in [3.63, 3.8) is 0 Å². The van der Waals surface area contributed by atoms with Crippen molar-refractivity contribution < 1.29 is 13.4 Å². The molecule has 1 aromatic rings. The molecular weight excluding hydrogens is 279 g/mol. The maximum absolute atomic E-state index is 13.1. The van der Waals surface area contributed by atoms with E-state index in [0.29, 0.717) is 5.69 Å². The number of carbonyl (C=O) groups is 1. The lowest BCUT2D eigenvalue weighted by Gasteiger charge is -2.20. The largest absolute Gasteiger partial charge is 0.397 e. The van der Waals surface area contributed by atoms with Gasteiger partial charge in [0.05, 0.1) is 11.4 Å². The van der Waals surface area contributed by atoms with Crippen LogP contribution in [0.5, 0.6) is 0 Å². The van der Waals surface area contributed by atoms with E-state index in [4.69, 9.17) is 5.73 Å². The Bertz CT molecular complexity index is 516. The van der Waals surface area contributed by atoms with Gasteiger partial charge < -0.3 is 11.1 Å². The molecule has 1 saturated carbocycles. The van der Waals surface area contributed by atoms with Gasteiger partial charge in [0.1, 0.15) is 11.6 Å². The number of carbonyl (C=O) groups excluding carboxylic acids is 1. The van der Waals surface area contributed by atoms with Gasteiger partial charge in [0, 0.05) is 16.0 Å². The fourth-order valence-corrected chi connectivity index (χ4v) is 3.82. The number of nitrogens with one attached hydrogen (secondary N) is 1. The minimum Gasteiger partial charge on any atom is -0.397 e. The highest BCUT2D eigenvalue weighted by Crippen LogP contribution is 2.23.